The van der Waals surface area contributed by atoms with Crippen LogP contribution in [0.5, 0.6) is 5.75 Å². The lowest BCUT2D eigenvalue weighted by Gasteiger charge is -2.27. The maximum atomic E-state index is 12.2. The van der Waals surface area contributed by atoms with E-state index >= 15 is 0 Å². The molecule has 1 aliphatic rings. The normalized spacial score (nSPS) is 22.3. The Labute approximate surface area is 146 Å². The average molecular weight is 353 g/mol. The molecule has 3 unspecified atom stereocenters. The SMILES string of the molecule is CC1CC(COc2ccc(S(C)=O)cc2)CN1C(=O)OC(C)(C)C. The molecule has 1 heterocycles. The Morgan fingerprint density at radius 2 is 1.92 bits per heavy atom. The molecule has 1 fully saturated rings. The molecular weight excluding hydrogens is 326 g/mol. The molecule has 24 heavy (non-hydrogen) atoms. The first-order valence-electron chi connectivity index (χ1n) is 8.21. The van der Waals surface area contributed by atoms with Gasteiger partial charge in [-0.15, -0.1) is 0 Å². The van der Waals surface area contributed by atoms with Gasteiger partial charge in [0.05, 0.1) is 6.61 Å². The van der Waals surface area contributed by atoms with Crippen LogP contribution in [0.3, 0.4) is 0 Å². The van der Waals surface area contributed by atoms with Gasteiger partial charge in [-0.05, 0) is 58.4 Å². The minimum atomic E-state index is -0.980. The molecule has 0 spiro atoms. The van der Waals surface area contributed by atoms with E-state index < -0.39 is 16.4 Å². The van der Waals surface area contributed by atoms with Crippen molar-refractivity contribution < 1.29 is 18.5 Å². The molecule has 6 heteroatoms. The average Bonchev–Trinajstić information content (AvgIpc) is 2.85. The van der Waals surface area contributed by atoms with E-state index in [1.54, 1.807) is 11.2 Å². The van der Waals surface area contributed by atoms with Crippen LogP contribution in [-0.2, 0) is 15.5 Å². The summed E-state index contributed by atoms with van der Waals surface area (Å²) >= 11 is 0. The van der Waals surface area contributed by atoms with E-state index in [0.29, 0.717) is 13.2 Å². The Morgan fingerprint density at radius 1 is 1.29 bits per heavy atom. The summed E-state index contributed by atoms with van der Waals surface area (Å²) in [6.07, 6.45) is 2.30. The lowest BCUT2D eigenvalue weighted by Crippen LogP contribution is -2.39. The predicted molar refractivity (Wildman–Crippen MR) is 94.8 cm³/mol. The summed E-state index contributed by atoms with van der Waals surface area (Å²) in [4.78, 5) is 14.8. The molecule has 1 aliphatic heterocycles. The Hall–Kier alpha value is -1.56. The fourth-order valence-electron chi connectivity index (χ4n) is 2.78. The molecule has 5 nitrogen and oxygen atoms in total. The zero-order valence-electron chi connectivity index (χ0n) is 15.1. The number of hydrogen-bond donors (Lipinski definition) is 0. The molecule has 134 valence electrons. The van der Waals surface area contributed by atoms with Crippen LogP contribution in [0.15, 0.2) is 29.2 Å². The van der Waals surface area contributed by atoms with E-state index in [1.807, 2.05) is 52.0 Å². The summed E-state index contributed by atoms with van der Waals surface area (Å²) in [6, 6.07) is 7.45. The minimum Gasteiger partial charge on any atom is -0.493 e. The Morgan fingerprint density at radius 3 is 2.46 bits per heavy atom. The topological polar surface area (TPSA) is 55.8 Å². The van der Waals surface area contributed by atoms with Gasteiger partial charge in [-0.1, -0.05) is 0 Å². The van der Waals surface area contributed by atoms with Crippen molar-refractivity contribution in [1.82, 2.24) is 4.90 Å². The van der Waals surface area contributed by atoms with E-state index in [-0.39, 0.29) is 18.1 Å². The highest BCUT2D eigenvalue weighted by Crippen LogP contribution is 2.26. The van der Waals surface area contributed by atoms with Gasteiger partial charge in [0.1, 0.15) is 11.4 Å². The van der Waals surface area contributed by atoms with Gasteiger partial charge in [0.2, 0.25) is 0 Å². The van der Waals surface area contributed by atoms with Crippen molar-refractivity contribution >= 4 is 16.9 Å². The van der Waals surface area contributed by atoms with Crippen LogP contribution >= 0.6 is 0 Å². The van der Waals surface area contributed by atoms with E-state index in [9.17, 15) is 9.00 Å². The second-order valence-corrected chi connectivity index (χ2v) is 8.70. The molecule has 0 radical (unpaired) electrons. The number of benzene rings is 1. The number of likely N-dealkylation sites (tertiary alicyclic amines) is 1. The van der Waals surface area contributed by atoms with Gasteiger partial charge in [0, 0.05) is 40.5 Å². The van der Waals surface area contributed by atoms with Crippen molar-refractivity contribution in [2.24, 2.45) is 5.92 Å². The van der Waals surface area contributed by atoms with Gasteiger partial charge < -0.3 is 14.4 Å². The number of rotatable bonds is 4. The molecule has 3 atom stereocenters. The first kappa shape index (κ1) is 18.8. The van der Waals surface area contributed by atoms with Crippen molar-refractivity contribution in [1.29, 1.82) is 0 Å². The number of carbonyl (C=O) groups excluding carboxylic acids is 1. The number of nitrogens with zero attached hydrogens (tertiary/aromatic N) is 1. The third kappa shape index (κ3) is 5.23. The van der Waals surface area contributed by atoms with Crippen LogP contribution in [-0.4, -0.2) is 46.3 Å². The summed E-state index contributed by atoms with van der Waals surface area (Å²) in [5, 5.41) is 0. The molecule has 1 aromatic carbocycles. The molecule has 0 aliphatic carbocycles. The monoisotopic (exact) mass is 353 g/mol. The number of amides is 1. The number of carbonyl (C=O) groups is 1. The molecule has 2 rings (SSSR count). The van der Waals surface area contributed by atoms with Crippen LogP contribution in [0.4, 0.5) is 4.79 Å². The van der Waals surface area contributed by atoms with Gasteiger partial charge in [0.15, 0.2) is 0 Å². The van der Waals surface area contributed by atoms with Crippen LogP contribution < -0.4 is 4.74 Å². The maximum Gasteiger partial charge on any atom is 0.410 e. The summed E-state index contributed by atoms with van der Waals surface area (Å²) < 4.78 is 22.7. The van der Waals surface area contributed by atoms with E-state index in [4.69, 9.17) is 9.47 Å². The number of ether oxygens (including phenoxy) is 2. The smallest absolute Gasteiger partial charge is 0.410 e. The second kappa shape index (κ2) is 7.55. The fourth-order valence-corrected chi connectivity index (χ4v) is 3.30. The zero-order chi connectivity index (χ0) is 17.9. The molecule has 1 amide bonds. The number of hydrogen-bond acceptors (Lipinski definition) is 4. The Bertz CT molecular complexity index is 594. The van der Waals surface area contributed by atoms with Crippen molar-refractivity contribution in [3.63, 3.8) is 0 Å². The third-order valence-electron chi connectivity index (χ3n) is 3.93. The van der Waals surface area contributed by atoms with E-state index in [0.717, 1.165) is 17.1 Å². The molecular formula is C18H27NO4S. The van der Waals surface area contributed by atoms with Gasteiger partial charge >= 0.3 is 6.09 Å². The third-order valence-corrected chi connectivity index (χ3v) is 4.87. The molecule has 0 saturated carbocycles. The van der Waals surface area contributed by atoms with Gasteiger partial charge in [0.25, 0.3) is 0 Å². The minimum absolute atomic E-state index is 0.151. The fraction of sp³-hybridized carbons (Fsp3) is 0.611. The quantitative estimate of drug-likeness (QED) is 0.832. The summed E-state index contributed by atoms with van der Waals surface area (Å²) in [7, 11) is -0.980. The van der Waals surface area contributed by atoms with Crippen LogP contribution in [0, 0.1) is 5.92 Å². The first-order valence-corrected chi connectivity index (χ1v) is 9.77. The van der Waals surface area contributed by atoms with E-state index in [1.165, 1.54) is 0 Å². The highest BCUT2D eigenvalue weighted by atomic mass is 32.2. The summed E-state index contributed by atoms with van der Waals surface area (Å²) in [6.45, 7) is 8.86. The van der Waals surface area contributed by atoms with Crippen molar-refractivity contribution in [3.05, 3.63) is 24.3 Å². The lowest BCUT2D eigenvalue weighted by molar-refractivity contribution is 0.0231. The molecule has 0 N–H and O–H groups in total. The molecule has 0 bridgehead atoms. The highest BCUT2D eigenvalue weighted by molar-refractivity contribution is 7.84. The maximum absolute atomic E-state index is 12.2. The first-order chi connectivity index (χ1) is 11.2. The Kier molecular flexibility index (Phi) is 5.91. The standard InChI is InChI=1S/C18H27NO4S/c1-13-10-14(11-19(13)17(20)23-18(2,3)4)12-22-15-6-8-16(9-7-15)24(5)21/h6-9,13-14H,10-12H2,1-5H3. The van der Waals surface area contributed by atoms with E-state index in [2.05, 4.69) is 0 Å². The van der Waals surface area contributed by atoms with Gasteiger partial charge in [-0.25, -0.2) is 4.79 Å². The van der Waals surface area contributed by atoms with Crippen molar-refractivity contribution in [3.8, 4) is 5.75 Å². The Balaban J connectivity index is 1.86. The van der Waals surface area contributed by atoms with Crippen molar-refractivity contribution in [2.45, 2.75) is 50.7 Å². The lowest BCUT2D eigenvalue weighted by atomic mass is 10.1. The molecule has 1 saturated heterocycles. The largest absolute Gasteiger partial charge is 0.493 e. The molecule has 0 aromatic heterocycles. The zero-order valence-corrected chi connectivity index (χ0v) is 15.9. The van der Waals surface area contributed by atoms with Crippen LogP contribution in [0.2, 0.25) is 0 Å². The highest BCUT2D eigenvalue weighted by Gasteiger charge is 2.35. The van der Waals surface area contributed by atoms with Gasteiger partial charge in [-0.2, -0.15) is 0 Å². The summed E-state index contributed by atoms with van der Waals surface area (Å²) in [5.41, 5.74) is -0.480. The predicted octanol–water partition coefficient (Wildman–Crippen LogP) is 3.45. The molecule has 1 aromatic rings. The summed E-state index contributed by atoms with van der Waals surface area (Å²) in [5.74, 6) is 1.04. The van der Waals surface area contributed by atoms with Crippen molar-refractivity contribution in [2.75, 3.05) is 19.4 Å². The second-order valence-electron chi connectivity index (χ2n) is 7.32. The van der Waals surface area contributed by atoms with Gasteiger partial charge in [-0.3, -0.25) is 4.21 Å². The van der Waals surface area contributed by atoms with Crippen LogP contribution in [0.1, 0.15) is 34.1 Å². The van der Waals surface area contributed by atoms with Crippen LogP contribution in [0.25, 0.3) is 0 Å².